The molecule has 1 fully saturated rings. The molecule has 2 rings (SSSR count). The van der Waals surface area contributed by atoms with Crippen molar-refractivity contribution in [3.05, 3.63) is 29.8 Å². The predicted octanol–water partition coefficient (Wildman–Crippen LogP) is 3.50. The van der Waals surface area contributed by atoms with Crippen molar-refractivity contribution < 1.29 is 4.74 Å². The van der Waals surface area contributed by atoms with Gasteiger partial charge < -0.3 is 10.1 Å². The summed E-state index contributed by atoms with van der Waals surface area (Å²) < 4.78 is 5.43. The molecule has 1 aromatic carbocycles. The van der Waals surface area contributed by atoms with E-state index in [0.717, 1.165) is 17.4 Å². The Morgan fingerprint density at radius 2 is 2.16 bits per heavy atom. The highest BCUT2D eigenvalue weighted by Crippen LogP contribution is 2.29. The van der Waals surface area contributed by atoms with E-state index in [0.29, 0.717) is 12.1 Å². The van der Waals surface area contributed by atoms with Gasteiger partial charge in [0.05, 0.1) is 7.11 Å². The summed E-state index contributed by atoms with van der Waals surface area (Å²) in [4.78, 5) is 0. The summed E-state index contributed by atoms with van der Waals surface area (Å²) in [5.74, 6) is 1.00. The van der Waals surface area contributed by atoms with E-state index < -0.39 is 0 Å². The van der Waals surface area contributed by atoms with Gasteiger partial charge in [-0.3, -0.25) is 0 Å². The van der Waals surface area contributed by atoms with Gasteiger partial charge in [-0.15, -0.1) is 0 Å². The standard InChI is InChI=1S/C16H25NOS/c1-12(17-14-8-6-10-16(14)19-3)11-13-7-4-5-9-15(13)18-2/h4-5,7,9,12,14,16-17H,6,8,10-11H2,1-3H3. The molecule has 0 bridgehead atoms. The maximum absolute atomic E-state index is 5.43. The second-order valence-electron chi connectivity index (χ2n) is 5.40. The first-order chi connectivity index (χ1) is 9.24. The van der Waals surface area contributed by atoms with Gasteiger partial charge in [0, 0.05) is 17.3 Å². The van der Waals surface area contributed by atoms with Crippen LogP contribution in [0, 0.1) is 0 Å². The van der Waals surface area contributed by atoms with Crippen LogP contribution in [0.2, 0.25) is 0 Å². The van der Waals surface area contributed by atoms with Crippen molar-refractivity contribution in [1.82, 2.24) is 5.32 Å². The Kier molecular flexibility index (Phi) is 5.59. The van der Waals surface area contributed by atoms with Crippen LogP contribution in [-0.2, 0) is 6.42 Å². The van der Waals surface area contributed by atoms with Gasteiger partial charge in [0.25, 0.3) is 0 Å². The zero-order valence-corrected chi connectivity index (χ0v) is 13.0. The lowest BCUT2D eigenvalue weighted by Gasteiger charge is -2.24. The Hall–Kier alpha value is -0.670. The van der Waals surface area contributed by atoms with E-state index in [2.05, 4.69) is 30.6 Å². The van der Waals surface area contributed by atoms with Gasteiger partial charge in [-0.2, -0.15) is 11.8 Å². The van der Waals surface area contributed by atoms with E-state index in [1.807, 2.05) is 23.9 Å². The molecule has 3 unspecified atom stereocenters. The van der Waals surface area contributed by atoms with Gasteiger partial charge in [0.1, 0.15) is 5.75 Å². The number of hydrogen-bond donors (Lipinski definition) is 1. The van der Waals surface area contributed by atoms with Crippen LogP contribution in [0.3, 0.4) is 0 Å². The number of rotatable bonds is 6. The smallest absolute Gasteiger partial charge is 0.122 e. The Balaban J connectivity index is 1.92. The third kappa shape index (κ3) is 3.90. The first kappa shape index (κ1) is 14.7. The number of methoxy groups -OCH3 is 1. The normalized spacial score (nSPS) is 24.4. The SMILES string of the molecule is COc1ccccc1CC(C)NC1CCCC1SC. The van der Waals surface area contributed by atoms with E-state index >= 15 is 0 Å². The van der Waals surface area contributed by atoms with Crippen molar-refractivity contribution in [1.29, 1.82) is 0 Å². The first-order valence-corrected chi connectivity index (χ1v) is 8.44. The molecule has 0 aliphatic heterocycles. The molecule has 0 spiro atoms. The third-order valence-corrected chi connectivity index (χ3v) is 5.14. The van der Waals surface area contributed by atoms with E-state index in [4.69, 9.17) is 4.74 Å². The summed E-state index contributed by atoms with van der Waals surface area (Å²) in [6.07, 6.45) is 7.31. The Labute approximate surface area is 121 Å². The summed E-state index contributed by atoms with van der Waals surface area (Å²) in [6, 6.07) is 9.50. The maximum atomic E-state index is 5.43. The highest BCUT2D eigenvalue weighted by molar-refractivity contribution is 7.99. The molecule has 1 saturated carbocycles. The van der Waals surface area contributed by atoms with E-state index in [-0.39, 0.29) is 0 Å². The largest absolute Gasteiger partial charge is 0.496 e. The summed E-state index contributed by atoms with van der Waals surface area (Å²) in [6.45, 7) is 2.28. The summed E-state index contributed by atoms with van der Waals surface area (Å²) in [7, 11) is 1.75. The van der Waals surface area contributed by atoms with Crippen molar-refractivity contribution >= 4 is 11.8 Å². The Morgan fingerprint density at radius 3 is 2.89 bits per heavy atom. The molecule has 1 aliphatic rings. The van der Waals surface area contributed by atoms with E-state index in [1.165, 1.54) is 24.8 Å². The van der Waals surface area contributed by atoms with Gasteiger partial charge in [0.2, 0.25) is 0 Å². The second kappa shape index (κ2) is 7.20. The molecular formula is C16H25NOS. The van der Waals surface area contributed by atoms with Crippen LogP contribution < -0.4 is 10.1 Å². The molecule has 0 radical (unpaired) electrons. The molecule has 19 heavy (non-hydrogen) atoms. The van der Waals surface area contributed by atoms with Crippen molar-refractivity contribution in [2.24, 2.45) is 0 Å². The molecule has 3 atom stereocenters. The summed E-state index contributed by atoms with van der Waals surface area (Å²) in [5, 5.41) is 4.60. The lowest BCUT2D eigenvalue weighted by molar-refractivity contribution is 0.401. The van der Waals surface area contributed by atoms with Gasteiger partial charge >= 0.3 is 0 Å². The molecule has 0 aromatic heterocycles. The zero-order chi connectivity index (χ0) is 13.7. The van der Waals surface area contributed by atoms with Crippen molar-refractivity contribution in [2.45, 2.75) is 49.9 Å². The molecule has 1 aliphatic carbocycles. The van der Waals surface area contributed by atoms with Crippen LogP contribution in [0.15, 0.2) is 24.3 Å². The minimum atomic E-state index is 0.494. The molecule has 3 heteroatoms. The molecule has 2 nitrogen and oxygen atoms in total. The van der Waals surface area contributed by atoms with Crippen LogP contribution in [0.25, 0.3) is 0 Å². The fourth-order valence-electron chi connectivity index (χ4n) is 3.02. The molecule has 0 heterocycles. The molecular weight excluding hydrogens is 254 g/mol. The maximum Gasteiger partial charge on any atom is 0.122 e. The van der Waals surface area contributed by atoms with Gasteiger partial charge in [0.15, 0.2) is 0 Å². The zero-order valence-electron chi connectivity index (χ0n) is 12.2. The minimum absolute atomic E-state index is 0.494. The molecule has 1 aromatic rings. The van der Waals surface area contributed by atoms with Crippen LogP contribution in [-0.4, -0.2) is 30.7 Å². The number of thioether (sulfide) groups is 1. The first-order valence-electron chi connectivity index (χ1n) is 7.15. The van der Waals surface area contributed by atoms with Crippen molar-refractivity contribution in [3.63, 3.8) is 0 Å². The van der Waals surface area contributed by atoms with Crippen molar-refractivity contribution in [3.8, 4) is 5.75 Å². The third-order valence-electron chi connectivity index (χ3n) is 3.97. The second-order valence-corrected chi connectivity index (χ2v) is 6.47. The van der Waals surface area contributed by atoms with Gasteiger partial charge in [-0.25, -0.2) is 0 Å². The van der Waals surface area contributed by atoms with Crippen molar-refractivity contribution in [2.75, 3.05) is 13.4 Å². The molecule has 0 saturated heterocycles. The van der Waals surface area contributed by atoms with Crippen LogP contribution >= 0.6 is 11.8 Å². The lowest BCUT2D eigenvalue weighted by atomic mass is 10.0. The highest BCUT2D eigenvalue weighted by atomic mass is 32.2. The van der Waals surface area contributed by atoms with Crippen LogP contribution in [0.4, 0.5) is 0 Å². The summed E-state index contributed by atoms with van der Waals surface area (Å²) >= 11 is 2.01. The average molecular weight is 279 g/mol. The topological polar surface area (TPSA) is 21.3 Å². The fourth-order valence-corrected chi connectivity index (χ4v) is 3.97. The quantitative estimate of drug-likeness (QED) is 0.861. The molecule has 1 N–H and O–H groups in total. The summed E-state index contributed by atoms with van der Waals surface area (Å²) in [5.41, 5.74) is 1.30. The predicted molar refractivity (Wildman–Crippen MR) is 84.2 cm³/mol. The van der Waals surface area contributed by atoms with Crippen LogP contribution in [0.1, 0.15) is 31.7 Å². The monoisotopic (exact) mass is 279 g/mol. The number of ether oxygens (including phenoxy) is 1. The number of nitrogens with one attached hydrogen (secondary N) is 1. The van der Waals surface area contributed by atoms with Gasteiger partial charge in [-0.05, 0) is 44.1 Å². The average Bonchev–Trinajstić information content (AvgIpc) is 2.86. The minimum Gasteiger partial charge on any atom is -0.496 e. The molecule has 106 valence electrons. The Bertz CT molecular complexity index is 396. The fraction of sp³-hybridized carbons (Fsp3) is 0.625. The Morgan fingerprint density at radius 1 is 1.37 bits per heavy atom. The van der Waals surface area contributed by atoms with Crippen LogP contribution in [0.5, 0.6) is 5.75 Å². The molecule has 0 amide bonds. The highest BCUT2D eigenvalue weighted by Gasteiger charge is 2.27. The number of benzene rings is 1. The number of hydrogen-bond acceptors (Lipinski definition) is 3. The van der Waals surface area contributed by atoms with E-state index in [9.17, 15) is 0 Å². The van der Waals surface area contributed by atoms with E-state index in [1.54, 1.807) is 7.11 Å². The number of para-hydroxylation sites is 1. The van der Waals surface area contributed by atoms with Gasteiger partial charge in [-0.1, -0.05) is 24.6 Å². The lowest BCUT2D eigenvalue weighted by Crippen LogP contribution is -2.41.